The van der Waals surface area contributed by atoms with Gasteiger partial charge in [-0.1, -0.05) is 37.3 Å². The van der Waals surface area contributed by atoms with Crippen LogP contribution >= 0.6 is 0 Å². The fourth-order valence-electron chi connectivity index (χ4n) is 2.70. The highest BCUT2D eigenvalue weighted by Gasteiger charge is 2.33. The van der Waals surface area contributed by atoms with Gasteiger partial charge < -0.3 is 5.32 Å². The molecule has 0 aliphatic heterocycles. The van der Waals surface area contributed by atoms with Gasteiger partial charge in [0.15, 0.2) is 0 Å². The minimum atomic E-state index is 0.244. The molecular formula is C14H21N. The summed E-state index contributed by atoms with van der Waals surface area (Å²) < 4.78 is 0. The van der Waals surface area contributed by atoms with Crippen LogP contribution in [0, 0.1) is 5.92 Å². The first-order valence-corrected chi connectivity index (χ1v) is 6.01. The van der Waals surface area contributed by atoms with Gasteiger partial charge >= 0.3 is 0 Å². The summed E-state index contributed by atoms with van der Waals surface area (Å²) in [6.45, 7) is 2.37. The van der Waals surface area contributed by atoms with E-state index in [0.29, 0.717) is 0 Å². The molecule has 0 unspecified atom stereocenters. The minimum Gasteiger partial charge on any atom is -0.310 e. The molecule has 0 atom stereocenters. The summed E-state index contributed by atoms with van der Waals surface area (Å²) in [6.07, 6.45) is 5.23. The molecule has 15 heavy (non-hydrogen) atoms. The maximum atomic E-state index is 3.55. The van der Waals surface area contributed by atoms with Crippen molar-refractivity contribution in [2.75, 3.05) is 7.05 Å². The van der Waals surface area contributed by atoms with E-state index in [1.165, 1.54) is 31.2 Å². The van der Waals surface area contributed by atoms with E-state index >= 15 is 0 Å². The van der Waals surface area contributed by atoms with Crippen molar-refractivity contribution >= 4 is 0 Å². The van der Waals surface area contributed by atoms with Crippen molar-refractivity contribution in [1.82, 2.24) is 5.32 Å². The summed E-state index contributed by atoms with van der Waals surface area (Å²) in [4.78, 5) is 0. The lowest BCUT2D eigenvalue weighted by atomic mass is 9.73. The van der Waals surface area contributed by atoms with Crippen molar-refractivity contribution in [3.63, 3.8) is 0 Å². The van der Waals surface area contributed by atoms with Crippen molar-refractivity contribution in [2.24, 2.45) is 5.92 Å². The molecule has 2 rings (SSSR count). The highest BCUT2D eigenvalue weighted by atomic mass is 14.9. The Kier molecular flexibility index (Phi) is 3.11. The Bertz CT molecular complexity index is 296. The summed E-state index contributed by atoms with van der Waals surface area (Å²) >= 11 is 0. The zero-order valence-electron chi connectivity index (χ0n) is 9.79. The third-order valence-corrected chi connectivity index (χ3v) is 3.93. The van der Waals surface area contributed by atoms with Gasteiger partial charge in [-0.25, -0.2) is 0 Å². The molecule has 1 aromatic rings. The normalized spacial score (nSPS) is 31.5. The van der Waals surface area contributed by atoms with E-state index in [0.717, 1.165) is 5.92 Å². The molecule has 1 aliphatic carbocycles. The monoisotopic (exact) mass is 203 g/mol. The predicted octanol–water partition coefficient (Wildman–Crippen LogP) is 3.31. The van der Waals surface area contributed by atoms with Crippen molar-refractivity contribution < 1.29 is 0 Å². The van der Waals surface area contributed by atoms with Crippen LogP contribution in [0.5, 0.6) is 0 Å². The van der Waals surface area contributed by atoms with E-state index in [1.807, 2.05) is 0 Å². The molecule has 0 heterocycles. The van der Waals surface area contributed by atoms with Crippen LogP contribution < -0.4 is 5.32 Å². The quantitative estimate of drug-likeness (QED) is 0.777. The highest BCUT2D eigenvalue weighted by Crippen LogP contribution is 2.38. The van der Waals surface area contributed by atoms with Gasteiger partial charge in [0.2, 0.25) is 0 Å². The van der Waals surface area contributed by atoms with Crippen LogP contribution in [-0.4, -0.2) is 7.05 Å². The lowest BCUT2D eigenvalue weighted by Gasteiger charge is -2.40. The molecule has 1 nitrogen and oxygen atoms in total. The molecule has 1 N–H and O–H groups in total. The second-order valence-electron chi connectivity index (χ2n) is 4.88. The molecule has 0 saturated heterocycles. The molecule has 0 bridgehead atoms. The standard InChI is InChI=1S/C14H21N/c1-12-8-10-14(15-2,11-9-12)13-6-4-3-5-7-13/h3-7,12,15H,8-11H2,1-2H3. The summed E-state index contributed by atoms with van der Waals surface area (Å²) in [5, 5.41) is 3.55. The molecule has 1 saturated carbocycles. The average Bonchev–Trinajstić information content (AvgIpc) is 2.32. The van der Waals surface area contributed by atoms with Crippen molar-refractivity contribution in [2.45, 2.75) is 38.1 Å². The van der Waals surface area contributed by atoms with Crippen LogP contribution in [-0.2, 0) is 5.54 Å². The Labute approximate surface area is 92.9 Å². The number of rotatable bonds is 2. The van der Waals surface area contributed by atoms with Gasteiger partial charge in [-0.05, 0) is 44.2 Å². The van der Waals surface area contributed by atoms with Gasteiger partial charge in [0.1, 0.15) is 0 Å². The number of benzene rings is 1. The molecule has 1 heteroatoms. The van der Waals surface area contributed by atoms with Crippen LogP contribution in [0.4, 0.5) is 0 Å². The van der Waals surface area contributed by atoms with E-state index in [2.05, 4.69) is 49.6 Å². The largest absolute Gasteiger partial charge is 0.310 e. The van der Waals surface area contributed by atoms with Gasteiger partial charge in [-0.3, -0.25) is 0 Å². The second-order valence-corrected chi connectivity index (χ2v) is 4.88. The van der Waals surface area contributed by atoms with Crippen molar-refractivity contribution in [3.05, 3.63) is 35.9 Å². The first kappa shape index (κ1) is 10.7. The summed E-state index contributed by atoms with van der Waals surface area (Å²) in [5.74, 6) is 0.898. The molecular weight excluding hydrogens is 182 g/mol. The van der Waals surface area contributed by atoms with Crippen LogP contribution in [0.2, 0.25) is 0 Å². The lowest BCUT2D eigenvalue weighted by molar-refractivity contribution is 0.208. The van der Waals surface area contributed by atoms with Crippen LogP contribution in [0.25, 0.3) is 0 Å². The van der Waals surface area contributed by atoms with E-state index in [9.17, 15) is 0 Å². The first-order chi connectivity index (χ1) is 7.27. The number of hydrogen-bond acceptors (Lipinski definition) is 1. The SMILES string of the molecule is CNC1(c2ccccc2)CCC(C)CC1. The third kappa shape index (κ3) is 2.07. The average molecular weight is 203 g/mol. The van der Waals surface area contributed by atoms with Crippen molar-refractivity contribution in [1.29, 1.82) is 0 Å². The number of nitrogens with one attached hydrogen (secondary N) is 1. The second kappa shape index (κ2) is 4.36. The molecule has 1 aliphatic rings. The molecule has 82 valence electrons. The smallest absolute Gasteiger partial charge is 0.0432 e. The zero-order valence-corrected chi connectivity index (χ0v) is 9.79. The van der Waals surface area contributed by atoms with E-state index in [-0.39, 0.29) is 5.54 Å². The predicted molar refractivity (Wildman–Crippen MR) is 64.8 cm³/mol. The third-order valence-electron chi connectivity index (χ3n) is 3.93. The Hall–Kier alpha value is -0.820. The zero-order chi connectivity index (χ0) is 10.7. The topological polar surface area (TPSA) is 12.0 Å². The van der Waals surface area contributed by atoms with E-state index < -0.39 is 0 Å². The Balaban J connectivity index is 2.23. The lowest BCUT2D eigenvalue weighted by Crippen LogP contribution is -2.42. The summed E-state index contributed by atoms with van der Waals surface area (Å²) in [6, 6.07) is 10.9. The highest BCUT2D eigenvalue weighted by molar-refractivity contribution is 5.25. The van der Waals surface area contributed by atoms with E-state index in [1.54, 1.807) is 0 Å². The fraction of sp³-hybridized carbons (Fsp3) is 0.571. The van der Waals surface area contributed by atoms with Gasteiger partial charge in [0, 0.05) is 5.54 Å². The van der Waals surface area contributed by atoms with Gasteiger partial charge in [-0.2, -0.15) is 0 Å². The number of hydrogen-bond donors (Lipinski definition) is 1. The molecule has 0 aromatic heterocycles. The molecule has 0 spiro atoms. The Morgan fingerprint density at radius 2 is 1.73 bits per heavy atom. The van der Waals surface area contributed by atoms with Gasteiger partial charge in [-0.15, -0.1) is 0 Å². The molecule has 0 radical (unpaired) electrons. The van der Waals surface area contributed by atoms with Crippen LogP contribution in [0.3, 0.4) is 0 Å². The Morgan fingerprint density at radius 3 is 2.27 bits per heavy atom. The van der Waals surface area contributed by atoms with Crippen molar-refractivity contribution in [3.8, 4) is 0 Å². The minimum absolute atomic E-state index is 0.244. The maximum Gasteiger partial charge on any atom is 0.0432 e. The van der Waals surface area contributed by atoms with E-state index in [4.69, 9.17) is 0 Å². The summed E-state index contributed by atoms with van der Waals surface area (Å²) in [5.41, 5.74) is 1.70. The molecule has 1 aromatic carbocycles. The van der Waals surface area contributed by atoms with Crippen LogP contribution in [0.1, 0.15) is 38.2 Å². The summed E-state index contributed by atoms with van der Waals surface area (Å²) in [7, 11) is 2.10. The Morgan fingerprint density at radius 1 is 1.13 bits per heavy atom. The maximum absolute atomic E-state index is 3.55. The fourth-order valence-corrected chi connectivity index (χ4v) is 2.70. The van der Waals surface area contributed by atoms with Crippen LogP contribution in [0.15, 0.2) is 30.3 Å². The molecule has 1 fully saturated rings. The van der Waals surface area contributed by atoms with Gasteiger partial charge in [0.25, 0.3) is 0 Å². The molecule has 0 amide bonds. The van der Waals surface area contributed by atoms with Gasteiger partial charge in [0.05, 0.1) is 0 Å². The first-order valence-electron chi connectivity index (χ1n) is 6.01.